The lowest BCUT2D eigenvalue weighted by Gasteiger charge is -2.41. The van der Waals surface area contributed by atoms with E-state index in [2.05, 4.69) is 10.2 Å². The van der Waals surface area contributed by atoms with Crippen molar-refractivity contribution >= 4 is 17.5 Å². The molecule has 2 saturated carbocycles. The standard InChI is InChI=1S/C23H34N2O5/c1-2-30-23(28)15-7-9-16(10-8-15)24-19-20(25-11-13-29-14-12-25)22(27)18-6-4-3-5-17(18)21(19)26/h15-18,24H,2-14H2,1H3. The topological polar surface area (TPSA) is 84.9 Å². The zero-order valence-electron chi connectivity index (χ0n) is 18.0. The molecule has 4 rings (SSSR count). The molecule has 2 atom stereocenters. The van der Waals surface area contributed by atoms with Gasteiger partial charge in [-0.3, -0.25) is 14.4 Å². The Bertz CT molecular complexity index is 704. The van der Waals surface area contributed by atoms with Gasteiger partial charge in [0.15, 0.2) is 11.6 Å². The first-order chi connectivity index (χ1) is 14.6. The molecule has 3 aliphatic carbocycles. The highest BCUT2D eigenvalue weighted by Crippen LogP contribution is 2.40. The van der Waals surface area contributed by atoms with E-state index in [1.807, 2.05) is 6.92 Å². The molecule has 1 saturated heterocycles. The van der Waals surface area contributed by atoms with Crippen LogP contribution in [0.15, 0.2) is 11.4 Å². The monoisotopic (exact) mass is 418 g/mol. The number of ether oxygens (including phenoxy) is 2. The molecule has 1 N–H and O–H groups in total. The van der Waals surface area contributed by atoms with E-state index in [1.165, 1.54) is 0 Å². The zero-order valence-corrected chi connectivity index (χ0v) is 18.0. The van der Waals surface area contributed by atoms with Gasteiger partial charge in [-0.15, -0.1) is 0 Å². The Labute approximate surface area is 178 Å². The fourth-order valence-corrected chi connectivity index (χ4v) is 5.54. The maximum Gasteiger partial charge on any atom is 0.308 e. The first kappa shape index (κ1) is 21.3. The molecule has 7 heteroatoms. The van der Waals surface area contributed by atoms with Crippen molar-refractivity contribution in [3.63, 3.8) is 0 Å². The molecule has 166 valence electrons. The Balaban J connectivity index is 1.53. The maximum absolute atomic E-state index is 13.5. The molecule has 4 aliphatic rings. The van der Waals surface area contributed by atoms with Gasteiger partial charge < -0.3 is 19.7 Å². The Morgan fingerprint density at radius 3 is 2.27 bits per heavy atom. The minimum absolute atomic E-state index is 0.0536. The van der Waals surface area contributed by atoms with E-state index >= 15 is 0 Å². The van der Waals surface area contributed by atoms with Crippen LogP contribution in [0.5, 0.6) is 0 Å². The summed E-state index contributed by atoms with van der Waals surface area (Å²) in [5, 5.41) is 3.48. The molecule has 0 bridgehead atoms. The molecule has 1 heterocycles. The Morgan fingerprint density at radius 1 is 1.00 bits per heavy atom. The summed E-state index contributed by atoms with van der Waals surface area (Å²) in [6.07, 6.45) is 6.79. The predicted octanol–water partition coefficient (Wildman–Crippen LogP) is 2.20. The molecule has 7 nitrogen and oxygen atoms in total. The third-order valence-corrected chi connectivity index (χ3v) is 7.18. The van der Waals surface area contributed by atoms with Crippen LogP contribution < -0.4 is 5.32 Å². The summed E-state index contributed by atoms with van der Waals surface area (Å²) in [5.41, 5.74) is 1.13. The van der Waals surface area contributed by atoms with Crippen LogP contribution in [0.2, 0.25) is 0 Å². The van der Waals surface area contributed by atoms with Crippen LogP contribution in [0.4, 0.5) is 0 Å². The van der Waals surface area contributed by atoms with Crippen LogP contribution in [0, 0.1) is 17.8 Å². The maximum atomic E-state index is 13.5. The van der Waals surface area contributed by atoms with E-state index in [4.69, 9.17) is 9.47 Å². The number of ketones is 2. The third-order valence-electron chi connectivity index (χ3n) is 7.18. The van der Waals surface area contributed by atoms with Gasteiger partial charge in [0, 0.05) is 31.0 Å². The summed E-state index contributed by atoms with van der Waals surface area (Å²) in [6.45, 7) is 4.69. The number of hydrogen-bond donors (Lipinski definition) is 1. The van der Waals surface area contributed by atoms with Crippen molar-refractivity contribution in [1.82, 2.24) is 10.2 Å². The fraction of sp³-hybridized carbons (Fsp3) is 0.783. The average Bonchev–Trinajstić information content (AvgIpc) is 2.79. The number of morpholine rings is 1. The van der Waals surface area contributed by atoms with E-state index in [9.17, 15) is 14.4 Å². The van der Waals surface area contributed by atoms with E-state index < -0.39 is 0 Å². The largest absolute Gasteiger partial charge is 0.466 e. The van der Waals surface area contributed by atoms with E-state index in [-0.39, 0.29) is 41.3 Å². The molecule has 0 spiro atoms. The predicted molar refractivity (Wildman–Crippen MR) is 110 cm³/mol. The lowest BCUT2D eigenvalue weighted by Crippen LogP contribution is -2.51. The number of rotatable bonds is 5. The van der Waals surface area contributed by atoms with Gasteiger partial charge in [-0.2, -0.15) is 0 Å². The van der Waals surface area contributed by atoms with Crippen LogP contribution in [-0.2, 0) is 23.9 Å². The van der Waals surface area contributed by atoms with Gasteiger partial charge in [0.05, 0.1) is 25.7 Å². The van der Waals surface area contributed by atoms with Gasteiger partial charge in [0.2, 0.25) is 0 Å². The Morgan fingerprint density at radius 2 is 1.63 bits per heavy atom. The number of allylic oxidation sites excluding steroid dienone is 2. The molecule has 0 amide bonds. The number of hydrogen-bond acceptors (Lipinski definition) is 7. The Kier molecular flexibility index (Phi) is 6.76. The van der Waals surface area contributed by atoms with Crippen molar-refractivity contribution in [2.45, 2.75) is 64.3 Å². The number of esters is 1. The molecule has 0 aromatic carbocycles. The molecular weight excluding hydrogens is 384 g/mol. The van der Waals surface area contributed by atoms with E-state index in [0.29, 0.717) is 44.3 Å². The molecular formula is C23H34N2O5. The highest BCUT2D eigenvalue weighted by Gasteiger charge is 2.46. The van der Waals surface area contributed by atoms with Crippen molar-refractivity contribution in [2.75, 3.05) is 32.9 Å². The molecule has 2 unspecified atom stereocenters. The summed E-state index contributed by atoms with van der Waals surface area (Å²) in [6, 6.07) is 0.110. The minimum Gasteiger partial charge on any atom is -0.466 e. The third kappa shape index (κ3) is 4.27. The van der Waals surface area contributed by atoms with Crippen LogP contribution in [0.1, 0.15) is 58.3 Å². The normalized spacial score (nSPS) is 32.6. The Hall–Kier alpha value is -1.89. The van der Waals surface area contributed by atoms with Crippen LogP contribution in [0.3, 0.4) is 0 Å². The van der Waals surface area contributed by atoms with Crippen LogP contribution >= 0.6 is 0 Å². The van der Waals surface area contributed by atoms with Crippen molar-refractivity contribution < 1.29 is 23.9 Å². The SMILES string of the molecule is CCOC(=O)C1CCC(NC2=C(N3CCOCC3)C(=O)C3CCCCC3C2=O)CC1. The lowest BCUT2D eigenvalue weighted by molar-refractivity contribution is -0.149. The van der Waals surface area contributed by atoms with E-state index in [1.54, 1.807) is 0 Å². The summed E-state index contributed by atoms with van der Waals surface area (Å²) in [5.74, 6) is -0.235. The van der Waals surface area contributed by atoms with Gasteiger partial charge in [0.1, 0.15) is 11.4 Å². The minimum atomic E-state index is -0.172. The lowest BCUT2D eigenvalue weighted by atomic mass is 9.69. The number of fused-ring (bicyclic) bond motifs is 1. The highest BCUT2D eigenvalue weighted by molar-refractivity contribution is 6.13. The molecule has 30 heavy (non-hydrogen) atoms. The fourth-order valence-electron chi connectivity index (χ4n) is 5.54. The average molecular weight is 419 g/mol. The first-order valence-electron chi connectivity index (χ1n) is 11.7. The zero-order chi connectivity index (χ0) is 21.1. The van der Waals surface area contributed by atoms with Gasteiger partial charge in [0.25, 0.3) is 0 Å². The van der Waals surface area contributed by atoms with Crippen molar-refractivity contribution in [3.8, 4) is 0 Å². The van der Waals surface area contributed by atoms with Crippen LogP contribution in [0.25, 0.3) is 0 Å². The van der Waals surface area contributed by atoms with Gasteiger partial charge >= 0.3 is 5.97 Å². The first-order valence-corrected chi connectivity index (χ1v) is 11.7. The molecule has 0 radical (unpaired) electrons. The van der Waals surface area contributed by atoms with Crippen molar-refractivity contribution in [1.29, 1.82) is 0 Å². The summed E-state index contributed by atoms with van der Waals surface area (Å²) < 4.78 is 10.6. The quantitative estimate of drug-likeness (QED) is 0.685. The molecule has 0 aromatic rings. The van der Waals surface area contributed by atoms with E-state index in [0.717, 1.165) is 51.4 Å². The van der Waals surface area contributed by atoms with Gasteiger partial charge in [-0.1, -0.05) is 12.8 Å². The molecule has 0 aromatic heterocycles. The second-order valence-electron chi connectivity index (χ2n) is 8.99. The number of carbonyl (C=O) groups is 3. The summed E-state index contributed by atoms with van der Waals surface area (Å²) in [7, 11) is 0. The van der Waals surface area contributed by atoms with Crippen molar-refractivity contribution in [3.05, 3.63) is 11.4 Å². The van der Waals surface area contributed by atoms with Gasteiger partial charge in [-0.05, 0) is 45.4 Å². The number of Topliss-reactive ketones (excluding diaryl/α,β-unsaturated/α-hetero) is 2. The molecule has 1 aliphatic heterocycles. The second-order valence-corrected chi connectivity index (χ2v) is 8.99. The smallest absolute Gasteiger partial charge is 0.308 e. The second kappa shape index (κ2) is 9.50. The highest BCUT2D eigenvalue weighted by atomic mass is 16.5. The number of carbonyl (C=O) groups excluding carboxylic acids is 3. The van der Waals surface area contributed by atoms with Gasteiger partial charge in [-0.25, -0.2) is 0 Å². The van der Waals surface area contributed by atoms with Crippen molar-refractivity contribution in [2.24, 2.45) is 17.8 Å². The van der Waals surface area contributed by atoms with Crippen LogP contribution in [-0.4, -0.2) is 61.4 Å². The summed E-state index contributed by atoms with van der Waals surface area (Å²) >= 11 is 0. The summed E-state index contributed by atoms with van der Waals surface area (Å²) in [4.78, 5) is 41.1. The number of nitrogens with zero attached hydrogens (tertiary/aromatic N) is 1. The number of nitrogens with one attached hydrogen (secondary N) is 1. The molecule has 3 fully saturated rings.